The zero-order chi connectivity index (χ0) is 15.6. The van der Waals surface area contributed by atoms with Gasteiger partial charge in [-0.2, -0.15) is 4.98 Å². The highest BCUT2D eigenvalue weighted by atomic mass is 16.5. The van der Waals surface area contributed by atoms with Crippen molar-refractivity contribution in [1.29, 1.82) is 0 Å². The van der Waals surface area contributed by atoms with Gasteiger partial charge in [-0.3, -0.25) is 4.90 Å². The molecule has 1 atom stereocenters. The topological polar surface area (TPSA) is 67.8 Å². The van der Waals surface area contributed by atoms with Gasteiger partial charge >= 0.3 is 0 Å². The Kier molecular flexibility index (Phi) is 4.15. The van der Waals surface area contributed by atoms with Crippen molar-refractivity contribution in [3.63, 3.8) is 0 Å². The molecule has 4 rings (SSSR count). The Morgan fingerprint density at radius 3 is 2.87 bits per heavy atom. The Hall–Kier alpha value is -1.70. The van der Waals surface area contributed by atoms with Crippen molar-refractivity contribution in [3.05, 3.63) is 23.7 Å². The van der Waals surface area contributed by atoms with E-state index in [1.165, 1.54) is 0 Å². The molecule has 1 unspecified atom stereocenters. The fourth-order valence-electron chi connectivity index (χ4n) is 3.04. The first-order valence-corrected chi connectivity index (χ1v) is 8.19. The molecule has 0 saturated carbocycles. The summed E-state index contributed by atoms with van der Waals surface area (Å²) in [5.41, 5.74) is 0. The molecule has 0 bridgehead atoms. The Labute approximate surface area is 135 Å². The smallest absolute Gasteiger partial charge is 0.293 e. The van der Waals surface area contributed by atoms with Gasteiger partial charge in [0.1, 0.15) is 5.76 Å². The van der Waals surface area contributed by atoms with Gasteiger partial charge in [-0.15, -0.1) is 0 Å². The molecule has 23 heavy (non-hydrogen) atoms. The lowest BCUT2D eigenvalue weighted by Gasteiger charge is -2.31. The second-order valence-corrected chi connectivity index (χ2v) is 6.36. The summed E-state index contributed by atoms with van der Waals surface area (Å²) in [6.45, 7) is 6.60. The van der Waals surface area contributed by atoms with Gasteiger partial charge in [-0.1, -0.05) is 5.16 Å². The standard InChI is InChI=1S/C16H22N4O3/c1-19-5-7-20(8-6-19)10-13-2-3-14(22-13)16-17-15(18-23-16)12-4-9-21-11-12/h2-3,12H,4-11H2,1H3. The third kappa shape index (κ3) is 3.31. The minimum absolute atomic E-state index is 0.243. The number of furan rings is 1. The number of nitrogens with zero attached hydrogens (tertiary/aromatic N) is 4. The van der Waals surface area contributed by atoms with Crippen LogP contribution in [0.5, 0.6) is 0 Å². The molecule has 2 aromatic rings. The maximum Gasteiger partial charge on any atom is 0.293 e. The fourth-order valence-corrected chi connectivity index (χ4v) is 3.04. The molecular formula is C16H22N4O3. The van der Waals surface area contributed by atoms with E-state index in [2.05, 4.69) is 27.0 Å². The number of ether oxygens (including phenoxy) is 1. The van der Waals surface area contributed by atoms with E-state index in [0.29, 0.717) is 18.3 Å². The van der Waals surface area contributed by atoms with E-state index in [-0.39, 0.29) is 5.92 Å². The summed E-state index contributed by atoms with van der Waals surface area (Å²) >= 11 is 0. The van der Waals surface area contributed by atoms with Crippen LogP contribution in [0.25, 0.3) is 11.7 Å². The van der Waals surface area contributed by atoms with Crippen LogP contribution in [0.3, 0.4) is 0 Å². The Morgan fingerprint density at radius 2 is 2.09 bits per heavy atom. The maximum absolute atomic E-state index is 5.89. The van der Waals surface area contributed by atoms with Gasteiger partial charge in [0.15, 0.2) is 11.6 Å². The van der Waals surface area contributed by atoms with Gasteiger partial charge in [-0.05, 0) is 25.6 Å². The molecule has 0 spiro atoms. The fraction of sp³-hybridized carbons (Fsp3) is 0.625. The summed E-state index contributed by atoms with van der Waals surface area (Å²) in [6, 6.07) is 3.91. The van der Waals surface area contributed by atoms with Crippen molar-refractivity contribution >= 4 is 0 Å². The number of piperazine rings is 1. The van der Waals surface area contributed by atoms with Gasteiger partial charge < -0.3 is 18.6 Å². The number of likely N-dealkylation sites (N-methyl/N-ethyl adjacent to an activating group) is 1. The second kappa shape index (κ2) is 6.43. The number of rotatable bonds is 4. The molecule has 0 aromatic carbocycles. The average Bonchev–Trinajstić information content (AvgIpc) is 3.30. The first-order chi connectivity index (χ1) is 11.3. The normalized spacial score (nSPS) is 23.6. The van der Waals surface area contributed by atoms with Crippen LogP contribution in [0.1, 0.15) is 23.9 Å². The van der Waals surface area contributed by atoms with E-state index < -0.39 is 0 Å². The second-order valence-electron chi connectivity index (χ2n) is 6.36. The maximum atomic E-state index is 5.89. The molecule has 124 valence electrons. The van der Waals surface area contributed by atoms with Crippen LogP contribution in [0.4, 0.5) is 0 Å². The lowest BCUT2D eigenvalue weighted by Crippen LogP contribution is -2.43. The largest absolute Gasteiger partial charge is 0.455 e. The number of aromatic nitrogens is 2. The summed E-state index contributed by atoms with van der Waals surface area (Å²) in [5.74, 6) is 3.00. The Bertz CT molecular complexity index is 639. The number of hydrogen-bond donors (Lipinski definition) is 0. The molecule has 0 aliphatic carbocycles. The predicted octanol–water partition coefficient (Wildman–Crippen LogP) is 1.58. The molecule has 0 amide bonds. The van der Waals surface area contributed by atoms with Crippen molar-refractivity contribution in [1.82, 2.24) is 19.9 Å². The molecular weight excluding hydrogens is 296 g/mol. The third-order valence-corrected chi connectivity index (χ3v) is 4.58. The monoisotopic (exact) mass is 318 g/mol. The van der Waals surface area contributed by atoms with Crippen LogP contribution < -0.4 is 0 Å². The van der Waals surface area contributed by atoms with Crippen LogP contribution in [-0.4, -0.2) is 66.4 Å². The molecule has 0 N–H and O–H groups in total. The summed E-state index contributed by atoms with van der Waals surface area (Å²) < 4.78 is 16.6. The van der Waals surface area contributed by atoms with Crippen molar-refractivity contribution in [2.75, 3.05) is 46.4 Å². The zero-order valence-electron chi connectivity index (χ0n) is 13.4. The van der Waals surface area contributed by atoms with E-state index in [4.69, 9.17) is 13.7 Å². The summed E-state index contributed by atoms with van der Waals surface area (Å²) in [5, 5.41) is 4.07. The van der Waals surface area contributed by atoms with E-state index >= 15 is 0 Å². The van der Waals surface area contributed by atoms with E-state index in [0.717, 1.165) is 57.3 Å². The summed E-state index contributed by atoms with van der Waals surface area (Å²) in [6.07, 6.45) is 0.950. The first kappa shape index (κ1) is 14.9. The Morgan fingerprint density at radius 1 is 1.22 bits per heavy atom. The van der Waals surface area contributed by atoms with Crippen molar-refractivity contribution in [2.45, 2.75) is 18.9 Å². The molecule has 2 aliphatic rings. The van der Waals surface area contributed by atoms with Crippen LogP contribution in [0.15, 0.2) is 21.1 Å². The highest BCUT2D eigenvalue weighted by Gasteiger charge is 2.24. The highest BCUT2D eigenvalue weighted by molar-refractivity contribution is 5.44. The van der Waals surface area contributed by atoms with Crippen LogP contribution in [0.2, 0.25) is 0 Å². The first-order valence-electron chi connectivity index (χ1n) is 8.19. The van der Waals surface area contributed by atoms with Gasteiger partial charge in [0.25, 0.3) is 5.89 Å². The lowest BCUT2D eigenvalue weighted by atomic mass is 10.1. The minimum atomic E-state index is 0.243. The van der Waals surface area contributed by atoms with Crippen molar-refractivity contribution in [3.8, 4) is 11.7 Å². The molecule has 4 heterocycles. The highest BCUT2D eigenvalue weighted by Crippen LogP contribution is 2.26. The zero-order valence-corrected chi connectivity index (χ0v) is 13.4. The van der Waals surface area contributed by atoms with Crippen molar-refractivity contribution in [2.24, 2.45) is 0 Å². The van der Waals surface area contributed by atoms with E-state index in [1.54, 1.807) is 0 Å². The predicted molar refractivity (Wildman–Crippen MR) is 83.0 cm³/mol. The van der Waals surface area contributed by atoms with Crippen LogP contribution in [0, 0.1) is 0 Å². The van der Waals surface area contributed by atoms with Gasteiger partial charge in [0.2, 0.25) is 0 Å². The SMILES string of the molecule is CN1CCN(Cc2ccc(-c3nc(C4CCOC4)no3)o2)CC1. The summed E-state index contributed by atoms with van der Waals surface area (Å²) in [7, 11) is 2.16. The Balaban J connectivity index is 1.41. The average molecular weight is 318 g/mol. The summed E-state index contributed by atoms with van der Waals surface area (Å²) in [4.78, 5) is 9.21. The molecule has 2 saturated heterocycles. The lowest BCUT2D eigenvalue weighted by molar-refractivity contribution is 0.140. The molecule has 0 radical (unpaired) electrons. The van der Waals surface area contributed by atoms with Gasteiger partial charge in [0.05, 0.1) is 13.2 Å². The van der Waals surface area contributed by atoms with Gasteiger partial charge in [0, 0.05) is 38.7 Å². The third-order valence-electron chi connectivity index (χ3n) is 4.58. The molecule has 7 nitrogen and oxygen atoms in total. The van der Waals surface area contributed by atoms with Crippen molar-refractivity contribution < 1.29 is 13.7 Å². The number of hydrogen-bond acceptors (Lipinski definition) is 7. The molecule has 2 aliphatic heterocycles. The molecule has 2 aromatic heterocycles. The van der Waals surface area contributed by atoms with E-state index in [9.17, 15) is 0 Å². The van der Waals surface area contributed by atoms with Gasteiger partial charge in [-0.25, -0.2) is 0 Å². The molecule has 7 heteroatoms. The quantitative estimate of drug-likeness (QED) is 0.848. The minimum Gasteiger partial charge on any atom is -0.455 e. The molecule has 2 fully saturated rings. The van der Waals surface area contributed by atoms with Crippen LogP contribution >= 0.6 is 0 Å². The van der Waals surface area contributed by atoms with Crippen LogP contribution in [-0.2, 0) is 11.3 Å². The van der Waals surface area contributed by atoms with E-state index in [1.807, 2.05) is 12.1 Å².